The van der Waals surface area contributed by atoms with E-state index in [0.717, 1.165) is 12.0 Å². The molecule has 1 unspecified atom stereocenters. The van der Waals surface area contributed by atoms with Gasteiger partial charge in [-0.2, -0.15) is 0 Å². The Morgan fingerprint density at radius 1 is 1.18 bits per heavy atom. The number of rotatable bonds is 7. The summed E-state index contributed by atoms with van der Waals surface area (Å²) < 4.78 is 11.6. The number of aryl methyl sites for hydroxylation is 1. The first-order chi connectivity index (χ1) is 7.99. The van der Waals surface area contributed by atoms with Crippen molar-refractivity contribution in [1.29, 1.82) is 0 Å². The van der Waals surface area contributed by atoms with Crippen LogP contribution in [0.5, 0.6) is 0 Å². The van der Waals surface area contributed by atoms with Gasteiger partial charge < -0.3 is 10.00 Å². The number of aliphatic carboxylic acids is 1. The Hall–Kier alpha value is -1.12. The van der Waals surface area contributed by atoms with Crippen molar-refractivity contribution in [2.24, 2.45) is 0 Å². The van der Waals surface area contributed by atoms with E-state index < -0.39 is 13.3 Å². The third-order valence-electron chi connectivity index (χ3n) is 2.49. The van der Waals surface area contributed by atoms with Crippen molar-refractivity contribution < 1.29 is 19.4 Å². The lowest BCUT2D eigenvalue weighted by Crippen LogP contribution is -2.02. The van der Waals surface area contributed by atoms with Gasteiger partial charge in [0.05, 0.1) is 6.42 Å². The predicted molar refractivity (Wildman–Crippen MR) is 66.6 cm³/mol. The molecule has 1 aromatic carbocycles. The lowest BCUT2D eigenvalue weighted by molar-refractivity contribution is -0.136. The number of carbonyl (C=O) groups is 1. The molecule has 0 amide bonds. The Balaban J connectivity index is 2.30. The summed E-state index contributed by atoms with van der Waals surface area (Å²) in [6, 6.07) is 9.73. The van der Waals surface area contributed by atoms with Crippen LogP contribution in [0.25, 0.3) is 0 Å². The van der Waals surface area contributed by atoms with E-state index in [-0.39, 0.29) is 18.7 Å². The Kier molecular flexibility index (Phi) is 5.39. The number of carboxylic acid groups (broad SMARTS) is 1. The summed E-state index contributed by atoms with van der Waals surface area (Å²) in [6.45, 7) is 0. The van der Waals surface area contributed by atoms with Gasteiger partial charge in [0.1, 0.15) is 0 Å². The van der Waals surface area contributed by atoms with E-state index in [1.165, 1.54) is 0 Å². The minimum atomic E-state index is -3.26. The quantitative estimate of drug-likeness (QED) is 0.734. The maximum absolute atomic E-state index is 11.6. The first-order valence-electron chi connectivity index (χ1n) is 5.56. The molecule has 0 fully saturated rings. The first-order valence-corrected chi connectivity index (χ1v) is 7.59. The monoisotopic (exact) mass is 256 g/mol. The van der Waals surface area contributed by atoms with Gasteiger partial charge in [0.2, 0.25) is 7.37 Å². The van der Waals surface area contributed by atoms with Crippen LogP contribution in [-0.2, 0) is 15.8 Å². The second kappa shape index (κ2) is 6.58. The molecule has 0 heterocycles. The molecule has 1 atom stereocenters. The highest BCUT2D eigenvalue weighted by atomic mass is 31.2. The van der Waals surface area contributed by atoms with E-state index in [4.69, 9.17) is 5.11 Å². The number of benzene rings is 1. The van der Waals surface area contributed by atoms with Gasteiger partial charge >= 0.3 is 5.97 Å². The fourth-order valence-corrected chi connectivity index (χ4v) is 2.97. The molecule has 1 rings (SSSR count). The molecule has 0 saturated heterocycles. The molecule has 1 aromatic rings. The molecule has 94 valence electrons. The molecule has 17 heavy (non-hydrogen) atoms. The number of hydrogen-bond acceptors (Lipinski definition) is 2. The molecule has 5 heteroatoms. The van der Waals surface area contributed by atoms with Gasteiger partial charge in [-0.25, -0.2) is 0 Å². The fourth-order valence-electron chi connectivity index (χ4n) is 1.56. The van der Waals surface area contributed by atoms with Crippen LogP contribution in [-0.4, -0.2) is 28.3 Å². The highest BCUT2D eigenvalue weighted by Gasteiger charge is 2.18. The Bertz CT molecular complexity index is 402. The van der Waals surface area contributed by atoms with Crippen molar-refractivity contribution in [1.82, 2.24) is 0 Å². The smallest absolute Gasteiger partial charge is 0.303 e. The third-order valence-corrected chi connectivity index (χ3v) is 4.43. The van der Waals surface area contributed by atoms with Gasteiger partial charge in [-0.3, -0.25) is 9.36 Å². The molecule has 0 saturated carbocycles. The van der Waals surface area contributed by atoms with Crippen LogP contribution in [0, 0.1) is 0 Å². The van der Waals surface area contributed by atoms with Crippen molar-refractivity contribution in [3.05, 3.63) is 35.9 Å². The number of carboxylic acids is 1. The molecule has 2 N–H and O–H groups in total. The summed E-state index contributed by atoms with van der Waals surface area (Å²) in [4.78, 5) is 19.8. The molecular weight excluding hydrogens is 239 g/mol. The zero-order valence-corrected chi connectivity index (χ0v) is 10.5. The van der Waals surface area contributed by atoms with Crippen LogP contribution < -0.4 is 0 Å². The standard InChI is InChI=1S/C12H17O4P/c13-12(14)8-10-17(15,16)9-4-7-11-5-2-1-3-6-11/h1-3,5-6H,4,7-10H2,(H,13,14)(H,15,16). The zero-order chi connectivity index (χ0) is 12.7. The highest BCUT2D eigenvalue weighted by molar-refractivity contribution is 7.58. The van der Waals surface area contributed by atoms with Crippen LogP contribution >= 0.6 is 7.37 Å². The maximum Gasteiger partial charge on any atom is 0.303 e. The Morgan fingerprint density at radius 2 is 1.82 bits per heavy atom. The average Bonchev–Trinajstić information content (AvgIpc) is 2.28. The van der Waals surface area contributed by atoms with E-state index in [9.17, 15) is 14.3 Å². The van der Waals surface area contributed by atoms with Gasteiger partial charge in [0, 0.05) is 12.3 Å². The lowest BCUT2D eigenvalue weighted by Gasteiger charge is -2.09. The SMILES string of the molecule is O=C(O)CCP(=O)(O)CCCc1ccccc1. The molecular formula is C12H17O4P. The van der Waals surface area contributed by atoms with E-state index in [0.29, 0.717) is 6.42 Å². The minimum absolute atomic E-state index is 0.128. The molecule has 0 aliphatic carbocycles. The summed E-state index contributed by atoms with van der Waals surface area (Å²) >= 11 is 0. The van der Waals surface area contributed by atoms with Gasteiger partial charge in [-0.1, -0.05) is 30.3 Å². The largest absolute Gasteiger partial charge is 0.481 e. The normalized spacial score (nSPS) is 14.2. The van der Waals surface area contributed by atoms with Gasteiger partial charge in [0.25, 0.3) is 0 Å². The fraction of sp³-hybridized carbons (Fsp3) is 0.417. The highest BCUT2D eigenvalue weighted by Crippen LogP contribution is 2.41. The summed E-state index contributed by atoms with van der Waals surface area (Å²) in [5.74, 6) is -1.03. The topological polar surface area (TPSA) is 74.6 Å². The van der Waals surface area contributed by atoms with Gasteiger partial charge in [-0.05, 0) is 18.4 Å². The molecule has 0 bridgehead atoms. The Morgan fingerprint density at radius 3 is 2.41 bits per heavy atom. The predicted octanol–water partition coefficient (Wildman–Crippen LogP) is 2.36. The maximum atomic E-state index is 11.6. The van der Waals surface area contributed by atoms with Crippen LogP contribution in [0.4, 0.5) is 0 Å². The van der Waals surface area contributed by atoms with Crippen molar-refractivity contribution in [2.75, 3.05) is 12.3 Å². The number of hydrogen-bond donors (Lipinski definition) is 2. The van der Waals surface area contributed by atoms with Crippen molar-refractivity contribution in [3.63, 3.8) is 0 Å². The zero-order valence-electron chi connectivity index (χ0n) is 9.58. The van der Waals surface area contributed by atoms with E-state index in [2.05, 4.69) is 0 Å². The second-order valence-corrected chi connectivity index (χ2v) is 6.61. The van der Waals surface area contributed by atoms with Crippen molar-refractivity contribution in [3.8, 4) is 0 Å². The summed E-state index contributed by atoms with van der Waals surface area (Å²) in [7, 11) is -3.26. The average molecular weight is 256 g/mol. The summed E-state index contributed by atoms with van der Waals surface area (Å²) in [5, 5.41) is 8.45. The van der Waals surface area contributed by atoms with Gasteiger partial charge in [-0.15, -0.1) is 0 Å². The van der Waals surface area contributed by atoms with Crippen LogP contribution in [0.1, 0.15) is 18.4 Å². The Labute approximate surface area is 101 Å². The molecule has 0 aliphatic heterocycles. The molecule has 0 radical (unpaired) electrons. The first kappa shape index (κ1) is 13.9. The second-order valence-electron chi connectivity index (χ2n) is 4.03. The van der Waals surface area contributed by atoms with E-state index in [1.807, 2.05) is 30.3 Å². The van der Waals surface area contributed by atoms with Crippen LogP contribution in [0.2, 0.25) is 0 Å². The molecule has 0 aromatic heterocycles. The summed E-state index contributed by atoms with van der Waals surface area (Å²) in [6.07, 6.45) is 1.18. The van der Waals surface area contributed by atoms with Crippen molar-refractivity contribution >= 4 is 13.3 Å². The van der Waals surface area contributed by atoms with E-state index >= 15 is 0 Å². The molecule has 4 nitrogen and oxygen atoms in total. The van der Waals surface area contributed by atoms with Gasteiger partial charge in [0.15, 0.2) is 0 Å². The lowest BCUT2D eigenvalue weighted by atomic mass is 10.1. The van der Waals surface area contributed by atoms with E-state index in [1.54, 1.807) is 0 Å². The van der Waals surface area contributed by atoms with Crippen LogP contribution in [0.3, 0.4) is 0 Å². The van der Waals surface area contributed by atoms with Crippen molar-refractivity contribution in [2.45, 2.75) is 19.3 Å². The molecule has 0 spiro atoms. The van der Waals surface area contributed by atoms with Crippen LogP contribution in [0.15, 0.2) is 30.3 Å². The summed E-state index contributed by atoms with van der Waals surface area (Å²) in [5.41, 5.74) is 1.13. The minimum Gasteiger partial charge on any atom is -0.481 e. The molecule has 0 aliphatic rings. The third kappa shape index (κ3) is 6.25.